The highest BCUT2D eigenvalue weighted by molar-refractivity contribution is 5.73. The van der Waals surface area contributed by atoms with E-state index in [2.05, 4.69) is 22.0 Å². The lowest BCUT2D eigenvalue weighted by molar-refractivity contribution is 0.307. The van der Waals surface area contributed by atoms with Crippen molar-refractivity contribution in [3.63, 3.8) is 0 Å². The molecule has 1 aromatic heterocycles. The highest BCUT2D eigenvalue weighted by Gasteiger charge is 2.19. The zero-order valence-corrected chi connectivity index (χ0v) is 15.5. The Bertz CT molecular complexity index is 906. The molecule has 2 aromatic carbocycles. The molecule has 1 aliphatic heterocycles. The second kappa shape index (κ2) is 7.58. The summed E-state index contributed by atoms with van der Waals surface area (Å²) in [6.07, 6.45) is 3.62. The maximum atomic E-state index is 5.87. The summed E-state index contributed by atoms with van der Waals surface area (Å²) in [6.45, 7) is 2.25. The predicted molar refractivity (Wildman–Crippen MR) is 106 cm³/mol. The topological polar surface area (TPSA) is 43.8 Å². The second-order valence-electron chi connectivity index (χ2n) is 6.41. The third-order valence-electron chi connectivity index (χ3n) is 4.72. The van der Waals surface area contributed by atoms with Gasteiger partial charge in [-0.25, -0.2) is 0 Å². The molecule has 0 atom stereocenters. The van der Waals surface area contributed by atoms with Crippen LogP contribution in [0.25, 0.3) is 11.1 Å². The summed E-state index contributed by atoms with van der Waals surface area (Å²) in [4.78, 5) is 6.43. The molecule has 0 bridgehead atoms. The van der Waals surface area contributed by atoms with Crippen molar-refractivity contribution in [3.8, 4) is 28.4 Å². The van der Waals surface area contributed by atoms with Crippen molar-refractivity contribution in [3.05, 3.63) is 66.5 Å². The van der Waals surface area contributed by atoms with Crippen molar-refractivity contribution in [2.24, 2.45) is 0 Å². The molecule has 4 rings (SSSR count). The lowest BCUT2D eigenvalue weighted by Crippen LogP contribution is -2.32. The van der Waals surface area contributed by atoms with Crippen LogP contribution in [0, 0.1) is 0 Å². The summed E-state index contributed by atoms with van der Waals surface area (Å²) in [7, 11) is 3.34. The van der Waals surface area contributed by atoms with Crippen LogP contribution in [0.4, 0.5) is 5.69 Å². The Morgan fingerprint density at radius 2 is 1.67 bits per heavy atom. The largest absolute Gasteiger partial charge is 0.497 e. The first-order valence-corrected chi connectivity index (χ1v) is 8.91. The molecular weight excluding hydrogens is 340 g/mol. The normalized spacial score (nSPS) is 12.9. The highest BCUT2D eigenvalue weighted by Crippen LogP contribution is 2.37. The number of ether oxygens (including phenoxy) is 3. The van der Waals surface area contributed by atoms with Gasteiger partial charge in [-0.1, -0.05) is 6.07 Å². The summed E-state index contributed by atoms with van der Waals surface area (Å²) >= 11 is 0. The third kappa shape index (κ3) is 3.67. The van der Waals surface area contributed by atoms with Gasteiger partial charge in [0.2, 0.25) is 0 Å². The Morgan fingerprint density at radius 1 is 0.926 bits per heavy atom. The quantitative estimate of drug-likeness (QED) is 0.682. The van der Waals surface area contributed by atoms with E-state index in [9.17, 15) is 0 Å². The molecule has 0 N–H and O–H groups in total. The average Bonchev–Trinajstić information content (AvgIpc) is 2.74. The number of rotatable bonds is 5. The molecule has 5 heteroatoms. The number of benzene rings is 2. The molecule has 0 amide bonds. The summed E-state index contributed by atoms with van der Waals surface area (Å²) in [5, 5.41) is 0. The van der Waals surface area contributed by atoms with Crippen molar-refractivity contribution in [1.82, 2.24) is 4.98 Å². The highest BCUT2D eigenvalue weighted by atomic mass is 16.5. The lowest BCUT2D eigenvalue weighted by Gasteiger charge is -2.32. The van der Waals surface area contributed by atoms with Crippen LogP contribution >= 0.6 is 0 Å². The standard InChI is InChI=1S/C22H22N2O3/c1-25-19-11-16(12-20(14-19)26-2)15-24-9-10-27-22-4-3-18(13-21(22)24)17-5-7-23-8-6-17/h3-8,11-14H,9-10,15H2,1-2H3. The number of hydrogen-bond acceptors (Lipinski definition) is 5. The van der Waals surface area contributed by atoms with Gasteiger partial charge in [-0.3, -0.25) is 4.98 Å². The zero-order valence-electron chi connectivity index (χ0n) is 15.5. The number of anilines is 1. The van der Waals surface area contributed by atoms with E-state index >= 15 is 0 Å². The van der Waals surface area contributed by atoms with Crippen molar-refractivity contribution < 1.29 is 14.2 Å². The minimum atomic E-state index is 0.669. The molecule has 0 radical (unpaired) electrons. The molecule has 0 unspecified atom stereocenters. The van der Waals surface area contributed by atoms with Gasteiger partial charge in [0.15, 0.2) is 0 Å². The minimum Gasteiger partial charge on any atom is -0.497 e. The van der Waals surface area contributed by atoms with Crippen LogP contribution in [0.3, 0.4) is 0 Å². The predicted octanol–water partition coefficient (Wildman–Crippen LogP) is 4.16. The minimum absolute atomic E-state index is 0.669. The molecule has 0 fully saturated rings. The van der Waals surface area contributed by atoms with Crippen LogP contribution in [-0.2, 0) is 6.54 Å². The second-order valence-corrected chi connectivity index (χ2v) is 6.41. The zero-order chi connectivity index (χ0) is 18.6. The van der Waals surface area contributed by atoms with Crippen LogP contribution in [0.15, 0.2) is 60.9 Å². The van der Waals surface area contributed by atoms with Crippen LogP contribution in [0.5, 0.6) is 17.2 Å². The van der Waals surface area contributed by atoms with Crippen LogP contribution in [-0.4, -0.2) is 32.4 Å². The van der Waals surface area contributed by atoms with Gasteiger partial charge in [0, 0.05) is 25.0 Å². The van der Waals surface area contributed by atoms with Gasteiger partial charge in [0.05, 0.1) is 26.5 Å². The van der Waals surface area contributed by atoms with E-state index in [1.54, 1.807) is 14.2 Å². The van der Waals surface area contributed by atoms with Gasteiger partial charge in [0.1, 0.15) is 23.9 Å². The van der Waals surface area contributed by atoms with Crippen LogP contribution in [0.1, 0.15) is 5.56 Å². The Labute approximate surface area is 159 Å². The molecule has 5 nitrogen and oxygen atoms in total. The smallest absolute Gasteiger partial charge is 0.142 e. The van der Waals surface area contributed by atoms with Crippen molar-refractivity contribution in [1.29, 1.82) is 0 Å². The van der Waals surface area contributed by atoms with Gasteiger partial charge < -0.3 is 19.1 Å². The van der Waals surface area contributed by atoms with Gasteiger partial charge in [0.25, 0.3) is 0 Å². The van der Waals surface area contributed by atoms with Gasteiger partial charge in [-0.2, -0.15) is 0 Å². The van der Waals surface area contributed by atoms with Gasteiger partial charge in [-0.15, -0.1) is 0 Å². The van der Waals surface area contributed by atoms with Crippen LogP contribution in [0.2, 0.25) is 0 Å². The van der Waals surface area contributed by atoms with E-state index in [1.165, 1.54) is 0 Å². The number of fused-ring (bicyclic) bond motifs is 1. The molecule has 27 heavy (non-hydrogen) atoms. The van der Waals surface area contributed by atoms with E-state index in [4.69, 9.17) is 14.2 Å². The fourth-order valence-electron chi connectivity index (χ4n) is 3.34. The Hall–Kier alpha value is -3.21. The number of aromatic nitrogens is 1. The van der Waals surface area contributed by atoms with E-state index < -0.39 is 0 Å². The summed E-state index contributed by atoms with van der Waals surface area (Å²) < 4.78 is 16.7. The number of pyridine rings is 1. The number of nitrogens with zero attached hydrogens (tertiary/aromatic N) is 2. The Kier molecular flexibility index (Phi) is 4.83. The van der Waals surface area contributed by atoms with Gasteiger partial charge in [-0.05, 0) is 53.1 Å². The molecular formula is C22H22N2O3. The van der Waals surface area contributed by atoms with Crippen LogP contribution < -0.4 is 19.1 Å². The monoisotopic (exact) mass is 362 g/mol. The first-order valence-electron chi connectivity index (χ1n) is 8.91. The number of methoxy groups -OCH3 is 2. The summed E-state index contributed by atoms with van der Waals surface area (Å²) in [6, 6.07) is 16.3. The molecule has 1 aliphatic rings. The third-order valence-corrected chi connectivity index (χ3v) is 4.72. The van der Waals surface area contributed by atoms with Gasteiger partial charge >= 0.3 is 0 Å². The average molecular weight is 362 g/mol. The van der Waals surface area contributed by atoms with E-state index in [-0.39, 0.29) is 0 Å². The summed E-state index contributed by atoms with van der Waals surface area (Å²) in [5.74, 6) is 2.50. The fraction of sp³-hybridized carbons (Fsp3) is 0.227. The molecule has 0 saturated heterocycles. The first kappa shape index (κ1) is 17.2. The Morgan fingerprint density at radius 3 is 2.37 bits per heavy atom. The molecule has 0 aliphatic carbocycles. The number of hydrogen-bond donors (Lipinski definition) is 0. The van der Waals surface area contributed by atoms with Crippen molar-refractivity contribution in [2.45, 2.75) is 6.54 Å². The first-order chi connectivity index (χ1) is 13.3. The molecule has 138 valence electrons. The summed E-state index contributed by atoms with van der Waals surface area (Å²) in [5.41, 5.74) is 4.52. The lowest BCUT2D eigenvalue weighted by atomic mass is 10.0. The Balaban J connectivity index is 1.67. The molecule has 0 spiro atoms. The fourth-order valence-corrected chi connectivity index (χ4v) is 3.34. The van der Waals surface area contributed by atoms with Crippen molar-refractivity contribution in [2.75, 3.05) is 32.3 Å². The van der Waals surface area contributed by atoms with Crippen molar-refractivity contribution >= 4 is 5.69 Å². The van der Waals surface area contributed by atoms with E-state index in [0.29, 0.717) is 6.61 Å². The SMILES string of the molecule is COc1cc(CN2CCOc3ccc(-c4ccncc4)cc32)cc(OC)c1. The van der Waals surface area contributed by atoms with E-state index in [1.807, 2.05) is 48.8 Å². The van der Waals surface area contributed by atoms with E-state index in [0.717, 1.165) is 52.7 Å². The maximum absolute atomic E-state index is 5.87. The maximum Gasteiger partial charge on any atom is 0.142 e. The molecule has 0 saturated carbocycles. The molecule has 2 heterocycles. The molecule has 3 aromatic rings.